The Morgan fingerprint density at radius 1 is 1.43 bits per heavy atom. The van der Waals surface area contributed by atoms with Gasteiger partial charge in [-0.05, 0) is 45.7 Å². The first kappa shape index (κ1) is 16.9. The van der Waals surface area contributed by atoms with E-state index in [4.69, 9.17) is 0 Å². The average Bonchev–Trinajstić information content (AvgIpc) is 3.04. The number of nitrogens with one attached hydrogen (secondary N) is 1. The maximum Gasteiger partial charge on any atom is 0.244 e. The predicted octanol–water partition coefficient (Wildman–Crippen LogP) is 2.91. The van der Waals surface area contributed by atoms with Crippen LogP contribution in [0.25, 0.3) is 0 Å². The summed E-state index contributed by atoms with van der Waals surface area (Å²) in [6.45, 7) is 8.17. The van der Waals surface area contributed by atoms with Gasteiger partial charge in [-0.2, -0.15) is 4.31 Å². The van der Waals surface area contributed by atoms with Crippen LogP contribution >= 0.6 is 11.3 Å². The highest BCUT2D eigenvalue weighted by Gasteiger charge is 2.29. The fourth-order valence-electron chi connectivity index (χ4n) is 2.81. The quantitative estimate of drug-likeness (QED) is 0.836. The van der Waals surface area contributed by atoms with E-state index in [2.05, 4.69) is 12.2 Å². The molecule has 1 atom stereocenters. The van der Waals surface area contributed by atoms with Crippen molar-refractivity contribution in [3.8, 4) is 0 Å². The average molecular weight is 331 g/mol. The van der Waals surface area contributed by atoms with E-state index in [9.17, 15) is 8.42 Å². The van der Waals surface area contributed by atoms with Gasteiger partial charge in [0.25, 0.3) is 0 Å². The number of hydrogen-bond acceptors (Lipinski definition) is 4. The molecule has 120 valence electrons. The molecule has 4 nitrogen and oxygen atoms in total. The van der Waals surface area contributed by atoms with E-state index in [0.29, 0.717) is 24.0 Å². The molecular weight excluding hydrogens is 304 g/mol. The molecule has 21 heavy (non-hydrogen) atoms. The molecule has 0 bridgehead atoms. The summed E-state index contributed by atoms with van der Waals surface area (Å²) in [6, 6.07) is 2.12. The summed E-state index contributed by atoms with van der Waals surface area (Å²) in [4.78, 5) is 2.45. The summed E-state index contributed by atoms with van der Waals surface area (Å²) in [5.41, 5.74) is 0. The van der Waals surface area contributed by atoms with Crippen LogP contribution < -0.4 is 5.32 Å². The van der Waals surface area contributed by atoms with Crippen molar-refractivity contribution in [2.75, 3.05) is 19.6 Å². The van der Waals surface area contributed by atoms with Gasteiger partial charge in [0, 0.05) is 28.9 Å². The fraction of sp³-hybridized carbons (Fsp3) is 0.733. The van der Waals surface area contributed by atoms with Crippen molar-refractivity contribution >= 4 is 21.4 Å². The van der Waals surface area contributed by atoms with Gasteiger partial charge >= 0.3 is 0 Å². The van der Waals surface area contributed by atoms with E-state index in [-0.39, 0.29) is 0 Å². The van der Waals surface area contributed by atoms with Gasteiger partial charge in [0.2, 0.25) is 10.0 Å². The van der Waals surface area contributed by atoms with Crippen LogP contribution in [0.5, 0.6) is 0 Å². The van der Waals surface area contributed by atoms with Gasteiger partial charge in [-0.1, -0.05) is 13.3 Å². The van der Waals surface area contributed by atoms with Crippen molar-refractivity contribution in [3.05, 3.63) is 15.8 Å². The van der Waals surface area contributed by atoms with Gasteiger partial charge in [0.05, 0.1) is 4.90 Å². The number of nitrogens with zero attached hydrogens (tertiary/aromatic N) is 1. The molecule has 1 unspecified atom stereocenters. The highest BCUT2D eigenvalue weighted by Crippen LogP contribution is 2.28. The van der Waals surface area contributed by atoms with Crippen LogP contribution in [0.4, 0.5) is 0 Å². The van der Waals surface area contributed by atoms with Crippen LogP contribution in [-0.2, 0) is 10.0 Å². The topological polar surface area (TPSA) is 49.4 Å². The first-order valence-electron chi connectivity index (χ1n) is 7.75. The van der Waals surface area contributed by atoms with E-state index >= 15 is 0 Å². The number of rotatable bonds is 7. The van der Waals surface area contributed by atoms with Gasteiger partial charge in [0.1, 0.15) is 0 Å². The van der Waals surface area contributed by atoms with Gasteiger partial charge in [-0.3, -0.25) is 0 Å². The molecule has 0 aliphatic carbocycles. The molecule has 1 aliphatic heterocycles. The maximum absolute atomic E-state index is 13.0. The number of sulfonamides is 1. The maximum atomic E-state index is 13.0. The number of hydrogen-bond donors (Lipinski definition) is 1. The number of aryl methyl sites for hydroxylation is 2. The molecule has 1 saturated heterocycles. The summed E-state index contributed by atoms with van der Waals surface area (Å²) in [5, 5.41) is 3.40. The fourth-order valence-corrected chi connectivity index (χ4v) is 5.85. The van der Waals surface area contributed by atoms with Crippen molar-refractivity contribution in [2.45, 2.75) is 57.4 Å². The lowest BCUT2D eigenvalue weighted by Gasteiger charge is -2.25. The minimum atomic E-state index is -3.37. The van der Waals surface area contributed by atoms with Crippen LogP contribution in [0.3, 0.4) is 0 Å². The van der Waals surface area contributed by atoms with Crippen LogP contribution in [-0.4, -0.2) is 38.4 Å². The molecule has 0 spiro atoms. The molecule has 6 heteroatoms. The Bertz CT molecular complexity index is 560. The second-order valence-corrected chi connectivity index (χ2v) is 9.15. The van der Waals surface area contributed by atoms with Gasteiger partial charge in [-0.15, -0.1) is 11.3 Å². The number of thiophene rings is 1. The summed E-state index contributed by atoms with van der Waals surface area (Å²) in [5.74, 6) is 0. The van der Waals surface area contributed by atoms with Crippen molar-refractivity contribution in [3.63, 3.8) is 0 Å². The summed E-state index contributed by atoms with van der Waals surface area (Å²) < 4.78 is 27.6. The van der Waals surface area contributed by atoms with Gasteiger partial charge in [-0.25, -0.2) is 8.42 Å². The largest absolute Gasteiger partial charge is 0.313 e. The zero-order valence-electron chi connectivity index (χ0n) is 13.2. The third-order valence-electron chi connectivity index (χ3n) is 3.96. The monoisotopic (exact) mass is 330 g/mol. The Labute approximate surface area is 132 Å². The molecule has 0 saturated carbocycles. The molecule has 1 N–H and O–H groups in total. The van der Waals surface area contributed by atoms with E-state index in [0.717, 1.165) is 42.0 Å². The third kappa shape index (κ3) is 4.06. The second-order valence-electron chi connectivity index (χ2n) is 5.79. The molecule has 1 aromatic heterocycles. The molecule has 1 aromatic rings. The summed E-state index contributed by atoms with van der Waals surface area (Å²) in [6.07, 6.45) is 4.13. The number of unbranched alkanes of at least 4 members (excludes halogenated alkanes) is 1. The van der Waals surface area contributed by atoms with E-state index in [1.165, 1.54) is 0 Å². The molecule has 0 amide bonds. The summed E-state index contributed by atoms with van der Waals surface area (Å²) in [7, 11) is -3.37. The van der Waals surface area contributed by atoms with E-state index in [1.807, 2.05) is 19.9 Å². The van der Waals surface area contributed by atoms with Crippen LogP contribution in [0.1, 0.15) is 42.4 Å². The Kier molecular flexibility index (Phi) is 5.82. The van der Waals surface area contributed by atoms with Crippen molar-refractivity contribution in [1.82, 2.24) is 9.62 Å². The molecule has 2 rings (SSSR count). The minimum Gasteiger partial charge on any atom is -0.313 e. The SMILES string of the molecule is CCCCN(CC1CCCN1)S(=O)(=O)c1cc(C)sc1C. The Morgan fingerprint density at radius 2 is 2.19 bits per heavy atom. The first-order chi connectivity index (χ1) is 9.95. The Hall–Kier alpha value is -0.430. The normalized spacial score (nSPS) is 19.5. The third-order valence-corrected chi connectivity index (χ3v) is 7.05. The molecular formula is C15H26N2O2S2. The lowest BCUT2D eigenvalue weighted by molar-refractivity contribution is 0.364. The molecule has 2 heterocycles. The van der Waals surface area contributed by atoms with Crippen molar-refractivity contribution in [2.24, 2.45) is 0 Å². The molecule has 0 aromatic carbocycles. The van der Waals surface area contributed by atoms with Crippen LogP contribution in [0, 0.1) is 13.8 Å². The van der Waals surface area contributed by atoms with Crippen molar-refractivity contribution < 1.29 is 8.42 Å². The van der Waals surface area contributed by atoms with Gasteiger partial charge in [0.15, 0.2) is 0 Å². The van der Waals surface area contributed by atoms with Gasteiger partial charge < -0.3 is 5.32 Å². The first-order valence-corrected chi connectivity index (χ1v) is 10.0. The van der Waals surface area contributed by atoms with Crippen LogP contribution in [0.15, 0.2) is 11.0 Å². The Balaban J connectivity index is 2.22. The minimum absolute atomic E-state index is 0.302. The standard InChI is InChI=1S/C15H26N2O2S2/c1-4-5-9-17(11-14-7-6-8-16-14)21(18,19)15-10-12(2)20-13(15)3/h10,14,16H,4-9,11H2,1-3H3. The molecule has 1 fully saturated rings. The molecule has 1 aliphatic rings. The van der Waals surface area contributed by atoms with E-state index in [1.54, 1.807) is 15.6 Å². The lowest BCUT2D eigenvalue weighted by Crippen LogP contribution is -2.41. The highest BCUT2D eigenvalue weighted by atomic mass is 32.2. The predicted molar refractivity (Wildman–Crippen MR) is 88.5 cm³/mol. The smallest absolute Gasteiger partial charge is 0.244 e. The van der Waals surface area contributed by atoms with Crippen molar-refractivity contribution in [1.29, 1.82) is 0 Å². The zero-order chi connectivity index (χ0) is 15.5. The zero-order valence-corrected chi connectivity index (χ0v) is 14.8. The lowest BCUT2D eigenvalue weighted by atomic mass is 10.2. The molecule has 0 radical (unpaired) electrons. The second kappa shape index (κ2) is 7.22. The van der Waals surface area contributed by atoms with Crippen LogP contribution in [0.2, 0.25) is 0 Å². The summed E-state index contributed by atoms with van der Waals surface area (Å²) >= 11 is 1.56. The highest BCUT2D eigenvalue weighted by molar-refractivity contribution is 7.89. The Morgan fingerprint density at radius 3 is 2.71 bits per heavy atom. The van der Waals surface area contributed by atoms with E-state index < -0.39 is 10.0 Å².